The van der Waals surface area contributed by atoms with Crippen LogP contribution in [0.25, 0.3) is 0 Å². The molecule has 1 N–H and O–H groups in total. The highest BCUT2D eigenvalue weighted by Crippen LogP contribution is 2.13. The molecule has 138 valence electrons. The fraction of sp³-hybridized carbons (Fsp3) is 0.182. The molecule has 3 aromatic rings. The molecule has 0 aliphatic carbocycles. The normalized spacial score (nSPS) is 10.3. The van der Waals surface area contributed by atoms with Gasteiger partial charge in [-0.05, 0) is 41.0 Å². The molecule has 1 heterocycles. The van der Waals surface area contributed by atoms with E-state index in [9.17, 15) is 4.79 Å². The average Bonchev–Trinajstić information content (AvgIpc) is 2.72. The van der Waals surface area contributed by atoms with Gasteiger partial charge in [-0.25, -0.2) is 4.79 Å². The van der Waals surface area contributed by atoms with Gasteiger partial charge in [0.25, 0.3) is 0 Å². The number of para-hydroxylation sites is 1. The van der Waals surface area contributed by atoms with Crippen molar-refractivity contribution in [1.82, 2.24) is 15.2 Å². The van der Waals surface area contributed by atoms with Gasteiger partial charge in [0.1, 0.15) is 12.4 Å². The van der Waals surface area contributed by atoms with Gasteiger partial charge in [0.05, 0.1) is 0 Å². The molecule has 0 unspecified atom stereocenters. The highest BCUT2D eigenvalue weighted by atomic mass is 16.5. The van der Waals surface area contributed by atoms with Crippen LogP contribution in [-0.2, 0) is 19.7 Å². The Morgan fingerprint density at radius 1 is 0.963 bits per heavy atom. The number of hydrogen-bond donors (Lipinski definition) is 1. The van der Waals surface area contributed by atoms with Crippen molar-refractivity contribution in [2.45, 2.75) is 19.7 Å². The van der Waals surface area contributed by atoms with Gasteiger partial charge in [-0.2, -0.15) is 0 Å². The van der Waals surface area contributed by atoms with Crippen molar-refractivity contribution in [3.05, 3.63) is 95.8 Å². The number of rotatable bonds is 7. The minimum Gasteiger partial charge on any atom is -0.489 e. The van der Waals surface area contributed by atoms with Crippen molar-refractivity contribution in [2.24, 2.45) is 0 Å². The van der Waals surface area contributed by atoms with Gasteiger partial charge in [-0.1, -0.05) is 42.5 Å². The molecule has 5 heteroatoms. The standard InChI is InChI=1S/C22H23N3O2/c1-25(16-18-10-12-23-13-11-18)22(26)24-15-19-6-5-7-20(14-19)17-27-21-8-3-2-4-9-21/h2-14H,15-17H2,1H3,(H,24,26). The summed E-state index contributed by atoms with van der Waals surface area (Å²) >= 11 is 0. The van der Waals surface area contributed by atoms with E-state index in [4.69, 9.17) is 4.74 Å². The van der Waals surface area contributed by atoms with Crippen LogP contribution in [0.1, 0.15) is 16.7 Å². The summed E-state index contributed by atoms with van der Waals surface area (Å²) in [5.74, 6) is 0.842. The maximum absolute atomic E-state index is 12.3. The van der Waals surface area contributed by atoms with Gasteiger partial charge < -0.3 is 15.0 Å². The Bertz CT molecular complexity index is 854. The van der Waals surface area contributed by atoms with Crippen molar-refractivity contribution in [3.8, 4) is 5.75 Å². The first-order valence-corrected chi connectivity index (χ1v) is 8.84. The molecule has 1 aromatic heterocycles. The summed E-state index contributed by atoms with van der Waals surface area (Å²) in [6.07, 6.45) is 3.45. The van der Waals surface area contributed by atoms with Crippen LogP contribution < -0.4 is 10.1 Å². The molecule has 0 fully saturated rings. The Labute approximate surface area is 159 Å². The quantitative estimate of drug-likeness (QED) is 0.692. The fourth-order valence-corrected chi connectivity index (χ4v) is 2.66. The van der Waals surface area contributed by atoms with Crippen LogP contribution in [0.5, 0.6) is 5.75 Å². The topological polar surface area (TPSA) is 54.5 Å². The minimum absolute atomic E-state index is 0.113. The van der Waals surface area contributed by atoms with Crippen LogP contribution in [0.15, 0.2) is 79.1 Å². The number of benzene rings is 2. The molecular formula is C22H23N3O2. The Morgan fingerprint density at radius 3 is 2.48 bits per heavy atom. The van der Waals surface area contributed by atoms with Crippen LogP contribution in [0.4, 0.5) is 4.79 Å². The van der Waals surface area contributed by atoms with Gasteiger partial charge in [-0.3, -0.25) is 4.98 Å². The molecule has 27 heavy (non-hydrogen) atoms. The van der Waals surface area contributed by atoms with Crippen molar-refractivity contribution in [2.75, 3.05) is 7.05 Å². The molecule has 3 rings (SSSR count). The zero-order valence-corrected chi connectivity index (χ0v) is 15.3. The number of nitrogens with zero attached hydrogens (tertiary/aromatic N) is 2. The third-order valence-electron chi connectivity index (χ3n) is 4.10. The first-order chi connectivity index (χ1) is 13.2. The molecule has 0 radical (unpaired) electrons. The van der Waals surface area contributed by atoms with E-state index in [0.717, 1.165) is 22.4 Å². The summed E-state index contributed by atoms with van der Waals surface area (Å²) in [4.78, 5) is 17.9. The first kappa shape index (κ1) is 18.5. The molecule has 0 aliphatic heterocycles. The Kier molecular flexibility index (Phi) is 6.41. The highest BCUT2D eigenvalue weighted by molar-refractivity contribution is 5.73. The summed E-state index contributed by atoms with van der Waals surface area (Å²) in [5.41, 5.74) is 3.15. The van der Waals surface area contributed by atoms with E-state index in [0.29, 0.717) is 19.7 Å². The van der Waals surface area contributed by atoms with E-state index < -0.39 is 0 Å². The molecule has 2 aromatic carbocycles. The van der Waals surface area contributed by atoms with Crippen LogP contribution in [0.3, 0.4) is 0 Å². The van der Waals surface area contributed by atoms with E-state index in [1.54, 1.807) is 24.3 Å². The van der Waals surface area contributed by atoms with Crippen LogP contribution in [0, 0.1) is 0 Å². The van der Waals surface area contributed by atoms with Gasteiger partial charge in [0, 0.05) is 32.5 Å². The molecule has 0 spiro atoms. The number of urea groups is 1. The Morgan fingerprint density at radius 2 is 1.70 bits per heavy atom. The zero-order valence-electron chi connectivity index (χ0n) is 15.3. The van der Waals surface area contributed by atoms with Crippen molar-refractivity contribution in [3.63, 3.8) is 0 Å². The van der Waals surface area contributed by atoms with Crippen LogP contribution in [-0.4, -0.2) is 23.0 Å². The average molecular weight is 361 g/mol. The van der Waals surface area contributed by atoms with E-state index in [2.05, 4.69) is 10.3 Å². The molecule has 0 bridgehead atoms. The molecule has 5 nitrogen and oxygen atoms in total. The predicted molar refractivity (Wildman–Crippen MR) is 105 cm³/mol. The number of hydrogen-bond acceptors (Lipinski definition) is 3. The molecular weight excluding hydrogens is 338 g/mol. The van der Waals surface area contributed by atoms with E-state index in [1.165, 1.54) is 0 Å². The summed E-state index contributed by atoms with van der Waals surface area (Å²) < 4.78 is 5.78. The zero-order chi connectivity index (χ0) is 18.9. The van der Waals surface area contributed by atoms with Crippen molar-refractivity contribution in [1.29, 1.82) is 0 Å². The van der Waals surface area contributed by atoms with Crippen molar-refractivity contribution >= 4 is 6.03 Å². The second-order valence-electron chi connectivity index (χ2n) is 6.29. The SMILES string of the molecule is CN(Cc1ccncc1)C(=O)NCc1cccc(COc2ccccc2)c1. The number of amides is 2. The van der Waals surface area contributed by atoms with Gasteiger partial charge in [0.2, 0.25) is 0 Å². The second kappa shape index (κ2) is 9.38. The number of nitrogens with one attached hydrogen (secondary N) is 1. The molecule has 2 amide bonds. The number of carbonyl (C=O) groups is 1. The van der Waals surface area contributed by atoms with Gasteiger partial charge in [-0.15, -0.1) is 0 Å². The summed E-state index contributed by atoms with van der Waals surface area (Å²) in [5, 5.41) is 2.95. The third kappa shape index (κ3) is 5.85. The summed E-state index contributed by atoms with van der Waals surface area (Å²) in [6.45, 7) is 1.51. The number of ether oxygens (including phenoxy) is 1. The second-order valence-corrected chi connectivity index (χ2v) is 6.29. The summed E-state index contributed by atoms with van der Waals surface area (Å²) in [6, 6.07) is 21.5. The lowest BCUT2D eigenvalue weighted by Crippen LogP contribution is -2.36. The van der Waals surface area contributed by atoms with Crippen LogP contribution >= 0.6 is 0 Å². The van der Waals surface area contributed by atoms with Crippen molar-refractivity contribution < 1.29 is 9.53 Å². The maximum Gasteiger partial charge on any atom is 0.317 e. The molecule has 0 atom stereocenters. The van der Waals surface area contributed by atoms with E-state index >= 15 is 0 Å². The first-order valence-electron chi connectivity index (χ1n) is 8.84. The molecule has 0 aliphatic rings. The molecule has 0 saturated heterocycles. The van der Waals surface area contributed by atoms with Crippen LogP contribution in [0.2, 0.25) is 0 Å². The number of aromatic nitrogens is 1. The minimum atomic E-state index is -0.113. The Balaban J connectivity index is 1.49. The lowest BCUT2D eigenvalue weighted by Gasteiger charge is -2.18. The maximum atomic E-state index is 12.3. The van der Waals surface area contributed by atoms with Gasteiger partial charge >= 0.3 is 6.03 Å². The van der Waals surface area contributed by atoms with E-state index in [1.807, 2.05) is 66.7 Å². The molecule has 0 saturated carbocycles. The Hall–Kier alpha value is -3.34. The van der Waals surface area contributed by atoms with E-state index in [-0.39, 0.29) is 6.03 Å². The number of pyridine rings is 1. The number of carbonyl (C=O) groups excluding carboxylic acids is 1. The van der Waals surface area contributed by atoms with Gasteiger partial charge in [0.15, 0.2) is 0 Å². The fourth-order valence-electron chi connectivity index (χ4n) is 2.66. The highest BCUT2D eigenvalue weighted by Gasteiger charge is 2.08. The smallest absolute Gasteiger partial charge is 0.317 e. The lowest BCUT2D eigenvalue weighted by atomic mass is 10.1. The largest absolute Gasteiger partial charge is 0.489 e. The monoisotopic (exact) mass is 361 g/mol. The summed E-state index contributed by atoms with van der Waals surface area (Å²) in [7, 11) is 1.78. The third-order valence-corrected chi connectivity index (χ3v) is 4.10. The lowest BCUT2D eigenvalue weighted by molar-refractivity contribution is 0.206. The predicted octanol–water partition coefficient (Wildman–Crippen LogP) is 4.00.